The lowest BCUT2D eigenvalue weighted by atomic mass is 10.2. The number of hydrazine groups is 1. The van der Waals surface area contributed by atoms with Crippen molar-refractivity contribution in [2.75, 3.05) is 5.43 Å². The van der Waals surface area contributed by atoms with Crippen LogP contribution in [0.15, 0.2) is 54.7 Å². The van der Waals surface area contributed by atoms with Crippen molar-refractivity contribution in [3.8, 4) is 29.1 Å². The highest BCUT2D eigenvalue weighted by Crippen LogP contribution is 2.47. The number of amides is 1. The molecular weight excluding hydrogens is 484 g/mol. The van der Waals surface area contributed by atoms with Gasteiger partial charge in [-0.3, -0.25) is 15.6 Å². The Morgan fingerprint density at radius 1 is 1.00 bits per heavy atom. The number of carbonyl (C=O) groups excluding carboxylic acids is 1. The summed E-state index contributed by atoms with van der Waals surface area (Å²) in [4.78, 5) is 16.2. The lowest BCUT2D eigenvalue weighted by Crippen LogP contribution is -2.52. The molecule has 1 aliphatic heterocycles. The van der Waals surface area contributed by atoms with E-state index in [4.69, 9.17) is 21.6 Å². The average molecular weight is 495 g/mol. The average Bonchev–Trinajstić information content (AvgIpc) is 2.78. The van der Waals surface area contributed by atoms with E-state index in [0.29, 0.717) is 11.5 Å². The molecule has 0 atom stereocenters. The Kier molecular flexibility index (Phi) is 5.80. The van der Waals surface area contributed by atoms with Crippen LogP contribution in [0.5, 0.6) is 23.0 Å². The molecule has 2 aromatic carbocycles. The molecule has 0 aliphatic carbocycles. The number of nitriles is 1. The van der Waals surface area contributed by atoms with Crippen LogP contribution in [-0.2, 0) is 0 Å². The van der Waals surface area contributed by atoms with Crippen molar-refractivity contribution in [2.45, 2.75) is 12.2 Å². The van der Waals surface area contributed by atoms with Gasteiger partial charge in [0.2, 0.25) is 0 Å². The maximum atomic E-state index is 13.4. The van der Waals surface area contributed by atoms with Crippen molar-refractivity contribution < 1.29 is 36.6 Å². The van der Waals surface area contributed by atoms with Crippen molar-refractivity contribution >= 4 is 23.2 Å². The molecule has 3 aromatic rings. The Labute approximate surface area is 193 Å². The van der Waals surface area contributed by atoms with Crippen molar-refractivity contribution in [3.63, 3.8) is 0 Å². The Hall–Kier alpha value is -4.24. The maximum absolute atomic E-state index is 13.4. The van der Waals surface area contributed by atoms with Gasteiger partial charge in [0.15, 0.2) is 11.5 Å². The van der Waals surface area contributed by atoms with Crippen molar-refractivity contribution in [1.29, 1.82) is 5.26 Å². The monoisotopic (exact) mass is 494 g/mol. The first-order valence-corrected chi connectivity index (χ1v) is 9.63. The highest BCUT2D eigenvalue weighted by Gasteiger charge is 2.65. The molecule has 2 N–H and O–H groups in total. The minimum atomic E-state index is -4.91. The second kappa shape index (κ2) is 8.60. The molecule has 4 rings (SSSR count). The second-order valence-electron chi connectivity index (χ2n) is 6.71. The van der Waals surface area contributed by atoms with Gasteiger partial charge in [0.1, 0.15) is 23.3 Å². The minimum Gasteiger partial charge on any atom is -0.457 e. The number of rotatable bonds is 5. The molecule has 0 fully saturated rings. The summed E-state index contributed by atoms with van der Waals surface area (Å²) in [5.74, 6) is -1.47. The number of nitrogens with one attached hydrogen (secondary N) is 2. The topological polar surface area (TPSA) is 106 Å². The summed E-state index contributed by atoms with van der Waals surface area (Å²) in [7, 11) is 0. The lowest BCUT2D eigenvalue weighted by molar-refractivity contribution is -0.391. The number of aromatic nitrogens is 1. The fourth-order valence-electron chi connectivity index (χ4n) is 2.74. The van der Waals surface area contributed by atoms with Gasteiger partial charge in [0, 0.05) is 23.9 Å². The maximum Gasteiger partial charge on any atom is 0.507 e. The van der Waals surface area contributed by atoms with Crippen LogP contribution < -0.4 is 25.1 Å². The van der Waals surface area contributed by atoms with Gasteiger partial charge < -0.3 is 14.2 Å². The fourth-order valence-corrected chi connectivity index (χ4v) is 2.96. The number of hydrogen-bond donors (Lipinski definition) is 2. The molecule has 0 saturated heterocycles. The van der Waals surface area contributed by atoms with E-state index in [1.807, 2.05) is 6.07 Å². The molecule has 174 valence electrons. The first kappa shape index (κ1) is 22.9. The van der Waals surface area contributed by atoms with Crippen LogP contribution in [-0.4, -0.2) is 23.1 Å². The molecule has 0 saturated carbocycles. The zero-order chi connectivity index (χ0) is 24.5. The highest BCUT2D eigenvalue weighted by molar-refractivity contribution is 6.33. The van der Waals surface area contributed by atoms with E-state index in [0.717, 1.165) is 18.2 Å². The van der Waals surface area contributed by atoms with Crippen LogP contribution in [0, 0.1) is 11.3 Å². The number of pyridine rings is 1. The third-order valence-corrected chi connectivity index (χ3v) is 4.67. The minimum absolute atomic E-state index is 0.149. The zero-order valence-electron chi connectivity index (χ0n) is 16.6. The van der Waals surface area contributed by atoms with Gasteiger partial charge in [0.05, 0.1) is 10.7 Å². The summed E-state index contributed by atoms with van der Waals surface area (Å²) in [6.07, 6.45) is -8.35. The number of hydrogen-bond acceptors (Lipinski definition) is 7. The van der Waals surface area contributed by atoms with E-state index < -0.39 is 29.6 Å². The Morgan fingerprint density at radius 2 is 1.71 bits per heavy atom. The number of anilines is 1. The molecule has 1 aromatic heterocycles. The van der Waals surface area contributed by atoms with Crippen LogP contribution in [0.3, 0.4) is 0 Å². The van der Waals surface area contributed by atoms with Gasteiger partial charge >= 0.3 is 12.2 Å². The Balaban J connectivity index is 1.42. The Morgan fingerprint density at radius 3 is 2.41 bits per heavy atom. The van der Waals surface area contributed by atoms with Gasteiger partial charge in [-0.2, -0.15) is 22.8 Å². The van der Waals surface area contributed by atoms with E-state index in [9.17, 15) is 22.4 Å². The Bertz CT molecular complexity index is 1320. The molecule has 2 heterocycles. The first-order valence-electron chi connectivity index (χ1n) is 9.25. The zero-order valence-corrected chi connectivity index (χ0v) is 17.4. The summed E-state index contributed by atoms with van der Waals surface area (Å²) >= 11 is 6.19. The van der Waals surface area contributed by atoms with Gasteiger partial charge in [0.25, 0.3) is 5.91 Å². The smallest absolute Gasteiger partial charge is 0.457 e. The third-order valence-electron chi connectivity index (χ3n) is 4.35. The molecule has 8 nitrogen and oxygen atoms in total. The van der Waals surface area contributed by atoms with Crippen LogP contribution >= 0.6 is 11.6 Å². The van der Waals surface area contributed by atoms with E-state index in [2.05, 4.69) is 25.3 Å². The number of alkyl halides is 4. The standard InChI is InChI=1S/C21H11ClF4N4O4/c22-15-9-13(32-14-5-6-28-12(8-14)10-27)2-3-16(15)29-30-19(31)11-1-4-17-18(7-11)34-21(25,26)20(23,24)33-17/h1-9,29H,(H,30,31). The van der Waals surface area contributed by atoms with Gasteiger partial charge in [-0.25, -0.2) is 4.98 Å². The van der Waals surface area contributed by atoms with Crippen LogP contribution in [0.4, 0.5) is 23.2 Å². The fraction of sp³-hybridized carbons (Fsp3) is 0.0952. The van der Waals surface area contributed by atoms with E-state index in [1.165, 1.54) is 30.5 Å². The number of halogens is 5. The van der Waals surface area contributed by atoms with Gasteiger partial charge in [-0.1, -0.05) is 11.6 Å². The molecule has 13 heteroatoms. The summed E-state index contributed by atoms with van der Waals surface area (Å²) < 4.78 is 66.8. The van der Waals surface area contributed by atoms with E-state index in [1.54, 1.807) is 6.07 Å². The molecule has 34 heavy (non-hydrogen) atoms. The molecule has 0 radical (unpaired) electrons. The number of carbonyl (C=O) groups is 1. The third kappa shape index (κ3) is 4.60. The van der Waals surface area contributed by atoms with Gasteiger partial charge in [-0.15, -0.1) is 0 Å². The normalized spacial score (nSPS) is 15.1. The highest BCUT2D eigenvalue weighted by atomic mass is 35.5. The first-order chi connectivity index (χ1) is 16.1. The van der Waals surface area contributed by atoms with E-state index in [-0.39, 0.29) is 22.0 Å². The summed E-state index contributed by atoms with van der Waals surface area (Å²) in [5, 5.41) is 9.04. The SMILES string of the molecule is N#Cc1cc(Oc2ccc(NNC(=O)c3ccc4c(c3)OC(F)(F)C(F)(F)O4)c(Cl)c2)ccn1. The molecule has 1 aliphatic rings. The number of nitrogens with zero attached hydrogens (tertiary/aromatic N) is 2. The molecule has 0 bridgehead atoms. The van der Waals surface area contributed by atoms with Crippen LogP contribution in [0.1, 0.15) is 16.1 Å². The van der Waals surface area contributed by atoms with E-state index >= 15 is 0 Å². The predicted octanol–water partition coefficient (Wildman–Crippen LogP) is 5.11. The number of ether oxygens (including phenoxy) is 3. The predicted molar refractivity (Wildman–Crippen MR) is 109 cm³/mol. The summed E-state index contributed by atoms with van der Waals surface area (Å²) in [5.41, 5.74) is 5.09. The van der Waals surface area contributed by atoms with Gasteiger partial charge in [-0.05, 0) is 36.4 Å². The van der Waals surface area contributed by atoms with Crippen molar-refractivity contribution in [2.24, 2.45) is 0 Å². The molecule has 0 spiro atoms. The van der Waals surface area contributed by atoms with Crippen molar-refractivity contribution in [3.05, 3.63) is 71.0 Å². The molecular formula is C21H11ClF4N4O4. The molecule has 1 amide bonds. The number of benzene rings is 2. The molecule has 0 unspecified atom stereocenters. The second-order valence-corrected chi connectivity index (χ2v) is 7.12. The van der Waals surface area contributed by atoms with Crippen molar-refractivity contribution in [1.82, 2.24) is 10.4 Å². The van der Waals surface area contributed by atoms with Crippen LogP contribution in [0.25, 0.3) is 0 Å². The largest absolute Gasteiger partial charge is 0.507 e. The summed E-state index contributed by atoms with van der Waals surface area (Å²) in [6.45, 7) is 0. The summed E-state index contributed by atoms with van der Waals surface area (Å²) in [6, 6.07) is 12.1. The van der Waals surface area contributed by atoms with Crippen LogP contribution in [0.2, 0.25) is 5.02 Å². The quantitative estimate of drug-likeness (QED) is 0.375. The number of fused-ring (bicyclic) bond motifs is 1. The lowest BCUT2D eigenvalue weighted by Gasteiger charge is -2.31.